The minimum Gasteiger partial charge on any atom is -0.497 e. The highest BCUT2D eigenvalue weighted by Gasteiger charge is 2.33. The number of alkyl halides is 2. The van der Waals surface area contributed by atoms with Crippen LogP contribution in [-0.4, -0.2) is 39.5 Å². The largest absolute Gasteiger partial charge is 0.497 e. The third kappa shape index (κ3) is 3.70. The molecule has 2 aromatic rings. The maximum absolute atomic E-state index is 12.8. The normalized spacial score (nSPS) is 15.4. The molecular formula is C14H17F2N3O3. The van der Waals surface area contributed by atoms with E-state index in [0.717, 1.165) is 0 Å². The van der Waals surface area contributed by atoms with Crippen molar-refractivity contribution in [3.8, 4) is 11.5 Å². The smallest absolute Gasteiger partial charge is 0.243 e. The number of nitrogens with zero attached hydrogens (tertiary/aromatic N) is 3. The lowest BCUT2D eigenvalue weighted by Gasteiger charge is -2.27. The van der Waals surface area contributed by atoms with Crippen molar-refractivity contribution >= 4 is 0 Å². The molecule has 3 atom stereocenters. The Hall–Kier alpha value is -2.22. The Morgan fingerprint density at radius 2 is 1.82 bits per heavy atom. The molecule has 1 N–H and O–H groups in total. The molecule has 1 aromatic carbocycles. The zero-order valence-corrected chi connectivity index (χ0v) is 12.1. The highest BCUT2D eigenvalue weighted by molar-refractivity contribution is 5.31. The standard InChI is InChI=1S/C14H17F2N3O3/c1-9(13(15)16)12(20)14(19-8-17-7-18-19)22-11-5-3-10(21-2)4-6-11/h3-9,12-14,20H,1-2H3. The summed E-state index contributed by atoms with van der Waals surface area (Å²) in [6, 6.07) is 6.55. The molecule has 22 heavy (non-hydrogen) atoms. The van der Waals surface area contributed by atoms with Gasteiger partial charge >= 0.3 is 0 Å². The fraction of sp³-hybridized carbons (Fsp3) is 0.429. The van der Waals surface area contributed by atoms with Gasteiger partial charge in [-0.05, 0) is 24.3 Å². The predicted octanol–water partition coefficient (Wildman–Crippen LogP) is 2.13. The van der Waals surface area contributed by atoms with E-state index in [4.69, 9.17) is 9.47 Å². The fourth-order valence-electron chi connectivity index (χ4n) is 1.83. The average molecular weight is 313 g/mol. The molecule has 8 heteroatoms. The van der Waals surface area contributed by atoms with E-state index in [1.54, 1.807) is 24.3 Å². The molecule has 120 valence electrons. The van der Waals surface area contributed by atoms with Crippen molar-refractivity contribution in [1.29, 1.82) is 0 Å². The highest BCUT2D eigenvalue weighted by Crippen LogP contribution is 2.27. The Morgan fingerprint density at radius 3 is 2.32 bits per heavy atom. The summed E-state index contributed by atoms with van der Waals surface area (Å²) >= 11 is 0. The number of rotatable bonds is 7. The van der Waals surface area contributed by atoms with Gasteiger partial charge in [0.2, 0.25) is 12.7 Å². The van der Waals surface area contributed by atoms with Crippen molar-refractivity contribution in [3.63, 3.8) is 0 Å². The molecule has 0 radical (unpaired) electrons. The third-order valence-electron chi connectivity index (χ3n) is 3.24. The van der Waals surface area contributed by atoms with E-state index in [1.807, 2.05) is 0 Å². The Bertz CT molecular complexity index is 563. The molecule has 0 spiro atoms. The number of methoxy groups -OCH3 is 1. The Morgan fingerprint density at radius 1 is 1.18 bits per heavy atom. The van der Waals surface area contributed by atoms with Crippen LogP contribution in [-0.2, 0) is 0 Å². The van der Waals surface area contributed by atoms with Gasteiger partial charge < -0.3 is 14.6 Å². The van der Waals surface area contributed by atoms with E-state index < -0.39 is 24.7 Å². The monoisotopic (exact) mass is 313 g/mol. The molecule has 0 amide bonds. The summed E-state index contributed by atoms with van der Waals surface area (Å²) in [5.74, 6) is -0.264. The second-order valence-corrected chi connectivity index (χ2v) is 4.74. The highest BCUT2D eigenvalue weighted by atomic mass is 19.3. The fourth-order valence-corrected chi connectivity index (χ4v) is 1.83. The third-order valence-corrected chi connectivity index (χ3v) is 3.24. The van der Waals surface area contributed by atoms with Crippen molar-refractivity contribution in [1.82, 2.24) is 14.8 Å². The van der Waals surface area contributed by atoms with Crippen molar-refractivity contribution < 1.29 is 23.4 Å². The van der Waals surface area contributed by atoms with Gasteiger partial charge in [-0.2, -0.15) is 5.10 Å². The quantitative estimate of drug-likeness (QED) is 0.848. The summed E-state index contributed by atoms with van der Waals surface area (Å²) in [4.78, 5) is 3.75. The maximum Gasteiger partial charge on any atom is 0.243 e. The van der Waals surface area contributed by atoms with Gasteiger partial charge in [0.05, 0.1) is 7.11 Å². The molecule has 6 nitrogen and oxygen atoms in total. The molecule has 0 aliphatic carbocycles. The first kappa shape index (κ1) is 16.2. The van der Waals surface area contributed by atoms with Gasteiger partial charge in [-0.1, -0.05) is 6.92 Å². The van der Waals surface area contributed by atoms with E-state index >= 15 is 0 Å². The first-order valence-electron chi connectivity index (χ1n) is 6.64. The van der Waals surface area contributed by atoms with Crippen molar-refractivity contribution in [2.45, 2.75) is 25.7 Å². The number of benzene rings is 1. The van der Waals surface area contributed by atoms with Gasteiger partial charge in [-0.15, -0.1) is 0 Å². The molecule has 0 aliphatic heterocycles. The van der Waals surface area contributed by atoms with Crippen molar-refractivity contribution in [3.05, 3.63) is 36.9 Å². The van der Waals surface area contributed by atoms with E-state index in [2.05, 4.69) is 10.1 Å². The lowest BCUT2D eigenvalue weighted by Crippen LogP contribution is -2.37. The van der Waals surface area contributed by atoms with Gasteiger partial charge in [0.1, 0.15) is 30.3 Å². The van der Waals surface area contributed by atoms with Crippen LogP contribution in [0, 0.1) is 5.92 Å². The molecule has 3 unspecified atom stereocenters. The van der Waals surface area contributed by atoms with Crippen LogP contribution in [0.5, 0.6) is 11.5 Å². The topological polar surface area (TPSA) is 69.4 Å². The van der Waals surface area contributed by atoms with Gasteiger partial charge in [0, 0.05) is 5.92 Å². The van der Waals surface area contributed by atoms with Crippen LogP contribution in [0.2, 0.25) is 0 Å². The van der Waals surface area contributed by atoms with E-state index in [1.165, 1.54) is 31.4 Å². The van der Waals surface area contributed by atoms with Gasteiger partial charge in [0.25, 0.3) is 0 Å². The SMILES string of the molecule is COc1ccc(OC(C(O)C(C)C(F)F)n2cncn2)cc1. The number of aliphatic hydroxyl groups excluding tert-OH is 1. The summed E-state index contributed by atoms with van der Waals surface area (Å²) < 4.78 is 37.5. The summed E-state index contributed by atoms with van der Waals surface area (Å²) in [5.41, 5.74) is 0. The van der Waals surface area contributed by atoms with Crippen LogP contribution in [0.3, 0.4) is 0 Å². The molecule has 2 rings (SSSR count). The number of aliphatic hydroxyl groups is 1. The van der Waals surface area contributed by atoms with Crippen LogP contribution in [0.4, 0.5) is 8.78 Å². The van der Waals surface area contributed by atoms with Crippen LogP contribution in [0.25, 0.3) is 0 Å². The average Bonchev–Trinajstić information content (AvgIpc) is 3.05. The van der Waals surface area contributed by atoms with E-state index in [9.17, 15) is 13.9 Å². The van der Waals surface area contributed by atoms with E-state index in [-0.39, 0.29) is 0 Å². The molecule has 1 heterocycles. The number of ether oxygens (including phenoxy) is 2. The maximum atomic E-state index is 12.8. The van der Waals surface area contributed by atoms with Crippen LogP contribution >= 0.6 is 0 Å². The second-order valence-electron chi connectivity index (χ2n) is 4.74. The Balaban J connectivity index is 2.21. The minimum atomic E-state index is -2.68. The van der Waals surface area contributed by atoms with Crippen LogP contribution in [0.1, 0.15) is 13.2 Å². The molecule has 0 saturated heterocycles. The van der Waals surface area contributed by atoms with Gasteiger partial charge in [0.15, 0.2) is 0 Å². The zero-order valence-electron chi connectivity index (χ0n) is 12.1. The second kappa shape index (κ2) is 7.17. The lowest BCUT2D eigenvalue weighted by atomic mass is 10.0. The Labute approximate surface area is 126 Å². The summed E-state index contributed by atoms with van der Waals surface area (Å²) in [7, 11) is 1.53. The number of hydrogen-bond acceptors (Lipinski definition) is 5. The van der Waals surface area contributed by atoms with Crippen molar-refractivity contribution in [2.24, 2.45) is 5.92 Å². The van der Waals surface area contributed by atoms with E-state index in [0.29, 0.717) is 11.5 Å². The predicted molar refractivity (Wildman–Crippen MR) is 73.9 cm³/mol. The number of aromatic nitrogens is 3. The van der Waals surface area contributed by atoms with Gasteiger partial charge in [-0.3, -0.25) is 0 Å². The number of halogens is 2. The molecular weight excluding hydrogens is 296 g/mol. The molecule has 1 aromatic heterocycles. The Kier molecular flexibility index (Phi) is 5.26. The number of hydrogen-bond donors (Lipinski definition) is 1. The lowest BCUT2D eigenvalue weighted by molar-refractivity contribution is -0.0846. The summed E-state index contributed by atoms with van der Waals surface area (Å²) in [6.45, 7) is 1.25. The molecule has 0 bridgehead atoms. The minimum absolute atomic E-state index is 0.391. The first-order valence-corrected chi connectivity index (χ1v) is 6.64. The van der Waals surface area contributed by atoms with Gasteiger partial charge in [-0.25, -0.2) is 18.4 Å². The van der Waals surface area contributed by atoms with Crippen LogP contribution in [0.15, 0.2) is 36.9 Å². The summed E-state index contributed by atoms with van der Waals surface area (Å²) in [5, 5.41) is 14.0. The molecule has 0 aliphatic rings. The summed E-state index contributed by atoms with van der Waals surface area (Å²) in [6.07, 6.45) is -2.70. The first-order chi connectivity index (χ1) is 10.5. The molecule has 0 saturated carbocycles. The zero-order chi connectivity index (χ0) is 16.1. The molecule has 0 fully saturated rings. The van der Waals surface area contributed by atoms with Crippen molar-refractivity contribution in [2.75, 3.05) is 7.11 Å². The van der Waals surface area contributed by atoms with Crippen LogP contribution < -0.4 is 9.47 Å².